The summed E-state index contributed by atoms with van der Waals surface area (Å²) in [6, 6.07) is 8.46. The van der Waals surface area contributed by atoms with Crippen LogP contribution in [0.1, 0.15) is 18.1 Å². The Hall–Kier alpha value is -3.59. The molecule has 2 N–H and O–H groups in total. The first-order chi connectivity index (χ1) is 16.0. The van der Waals surface area contributed by atoms with Gasteiger partial charge >= 0.3 is 0 Å². The fraction of sp³-hybridized carbons (Fsp3) is 0.250. The minimum Gasteiger partial charge on any atom is -0.433 e. The van der Waals surface area contributed by atoms with Crippen LogP contribution in [0.5, 0.6) is 11.6 Å². The van der Waals surface area contributed by atoms with Crippen molar-refractivity contribution in [3.05, 3.63) is 70.8 Å². The van der Waals surface area contributed by atoms with Gasteiger partial charge in [-0.15, -0.1) is 0 Å². The zero-order valence-corrected chi connectivity index (χ0v) is 18.0. The molecule has 0 amide bonds. The highest BCUT2D eigenvalue weighted by Gasteiger charge is 2.24. The van der Waals surface area contributed by atoms with Crippen LogP contribution in [0.15, 0.2) is 42.2 Å². The highest BCUT2D eigenvalue weighted by Crippen LogP contribution is 2.37. The number of nitrogens with one attached hydrogen (secondary N) is 2. The second-order valence-electron chi connectivity index (χ2n) is 8.08. The number of benzene rings is 2. The van der Waals surface area contributed by atoms with Crippen LogP contribution in [0.25, 0.3) is 6.08 Å². The van der Waals surface area contributed by atoms with Crippen molar-refractivity contribution in [3.63, 3.8) is 0 Å². The predicted molar refractivity (Wildman–Crippen MR) is 121 cm³/mol. The maximum atomic E-state index is 15.0. The minimum absolute atomic E-state index is 0.125. The highest BCUT2D eigenvalue weighted by molar-refractivity contribution is 5.66. The van der Waals surface area contributed by atoms with Gasteiger partial charge in [0.15, 0.2) is 17.4 Å². The molecule has 0 radical (unpaired) electrons. The number of allylic oxidation sites excluding steroid dienone is 1. The Balaban J connectivity index is 1.36. The molecule has 5 rings (SSSR count). The van der Waals surface area contributed by atoms with Gasteiger partial charge in [-0.05, 0) is 37.6 Å². The fourth-order valence-electron chi connectivity index (χ4n) is 4.07. The first-order valence-electron chi connectivity index (χ1n) is 10.7. The molecule has 0 spiro atoms. The van der Waals surface area contributed by atoms with E-state index in [1.807, 2.05) is 24.3 Å². The molecule has 170 valence electrons. The van der Waals surface area contributed by atoms with Gasteiger partial charge in [-0.3, -0.25) is 0 Å². The summed E-state index contributed by atoms with van der Waals surface area (Å²) in [7, 11) is 0. The number of fused-ring (bicyclic) bond motifs is 1. The second kappa shape index (κ2) is 8.74. The standard InChI is InChI=1S/C24H22F3N5O/c1-14-10-17-18(11-14)21(26)20(12-19(17)25)33-24-22(27)23(29-13-30-24)31-15-2-4-16(5-3-15)32-8-6-28-7-9-32/h2-5,11-13,28H,6-10H2,1H3,(H,29,30,31). The van der Waals surface area contributed by atoms with E-state index in [2.05, 4.69) is 25.5 Å². The van der Waals surface area contributed by atoms with Crippen molar-refractivity contribution in [2.24, 2.45) is 0 Å². The smallest absolute Gasteiger partial charge is 0.261 e. The van der Waals surface area contributed by atoms with E-state index in [0.717, 1.165) is 49.8 Å². The van der Waals surface area contributed by atoms with Gasteiger partial charge in [-0.2, -0.15) is 9.37 Å². The van der Waals surface area contributed by atoms with Crippen molar-refractivity contribution in [1.29, 1.82) is 0 Å². The van der Waals surface area contributed by atoms with Crippen molar-refractivity contribution >= 4 is 23.3 Å². The van der Waals surface area contributed by atoms with E-state index in [4.69, 9.17) is 4.74 Å². The molecule has 0 atom stereocenters. The Kier molecular flexibility index (Phi) is 5.63. The Bertz CT molecular complexity index is 1220. The van der Waals surface area contributed by atoms with Crippen LogP contribution in [0.2, 0.25) is 0 Å². The normalized spacial score (nSPS) is 15.3. The van der Waals surface area contributed by atoms with Gasteiger partial charge in [0, 0.05) is 54.7 Å². The molecule has 0 bridgehead atoms. The molecule has 2 heterocycles. The third-order valence-corrected chi connectivity index (χ3v) is 5.75. The van der Waals surface area contributed by atoms with Crippen LogP contribution >= 0.6 is 0 Å². The highest BCUT2D eigenvalue weighted by atomic mass is 19.1. The van der Waals surface area contributed by atoms with Crippen LogP contribution in [0.4, 0.5) is 30.4 Å². The maximum Gasteiger partial charge on any atom is 0.261 e. The Morgan fingerprint density at radius 2 is 1.79 bits per heavy atom. The summed E-state index contributed by atoms with van der Waals surface area (Å²) in [6.45, 7) is 5.49. The van der Waals surface area contributed by atoms with E-state index in [-0.39, 0.29) is 16.9 Å². The van der Waals surface area contributed by atoms with E-state index in [9.17, 15) is 8.78 Å². The lowest BCUT2D eigenvalue weighted by Gasteiger charge is -2.29. The van der Waals surface area contributed by atoms with Crippen molar-refractivity contribution in [3.8, 4) is 11.6 Å². The summed E-state index contributed by atoms with van der Waals surface area (Å²) in [6.07, 6.45) is 3.00. The van der Waals surface area contributed by atoms with Crippen LogP contribution in [0, 0.1) is 17.5 Å². The lowest BCUT2D eigenvalue weighted by molar-refractivity contribution is 0.393. The molecule has 1 aliphatic carbocycles. The molecule has 1 aromatic heterocycles. The molecule has 0 saturated carbocycles. The summed E-state index contributed by atoms with van der Waals surface area (Å²) >= 11 is 0. The number of halogens is 3. The summed E-state index contributed by atoms with van der Waals surface area (Å²) in [5, 5.41) is 6.20. The number of anilines is 3. The largest absolute Gasteiger partial charge is 0.433 e. The van der Waals surface area contributed by atoms with Gasteiger partial charge in [0.2, 0.25) is 5.82 Å². The molecule has 6 nitrogen and oxygen atoms in total. The molecule has 1 saturated heterocycles. The summed E-state index contributed by atoms with van der Waals surface area (Å²) in [5.74, 6) is -3.32. The van der Waals surface area contributed by atoms with Gasteiger partial charge in [0.05, 0.1) is 0 Å². The third-order valence-electron chi connectivity index (χ3n) is 5.75. The fourth-order valence-corrected chi connectivity index (χ4v) is 4.07. The van der Waals surface area contributed by atoms with Crippen LogP contribution in [-0.2, 0) is 6.42 Å². The van der Waals surface area contributed by atoms with Crippen LogP contribution < -0.4 is 20.3 Å². The van der Waals surface area contributed by atoms with Gasteiger partial charge in [0.1, 0.15) is 12.1 Å². The molecule has 1 aliphatic heterocycles. The lowest BCUT2D eigenvalue weighted by atomic mass is 10.1. The first kappa shape index (κ1) is 21.3. The number of nitrogens with zero attached hydrogens (tertiary/aromatic N) is 3. The van der Waals surface area contributed by atoms with E-state index >= 15 is 4.39 Å². The van der Waals surface area contributed by atoms with Crippen molar-refractivity contribution in [2.45, 2.75) is 13.3 Å². The van der Waals surface area contributed by atoms with Crippen molar-refractivity contribution in [1.82, 2.24) is 15.3 Å². The van der Waals surface area contributed by atoms with Crippen molar-refractivity contribution in [2.75, 3.05) is 36.4 Å². The maximum absolute atomic E-state index is 15.0. The average Bonchev–Trinajstić information content (AvgIpc) is 3.23. The Morgan fingerprint density at radius 3 is 2.55 bits per heavy atom. The molecular weight excluding hydrogens is 431 g/mol. The van der Waals surface area contributed by atoms with Crippen LogP contribution in [0.3, 0.4) is 0 Å². The quantitative estimate of drug-likeness (QED) is 0.579. The Morgan fingerprint density at radius 1 is 1.03 bits per heavy atom. The number of hydrogen-bond acceptors (Lipinski definition) is 6. The third kappa shape index (κ3) is 4.23. The summed E-state index contributed by atoms with van der Waals surface area (Å²) < 4.78 is 49.6. The van der Waals surface area contributed by atoms with Crippen molar-refractivity contribution < 1.29 is 17.9 Å². The topological polar surface area (TPSA) is 62.3 Å². The minimum atomic E-state index is -0.907. The molecule has 1 fully saturated rings. The summed E-state index contributed by atoms with van der Waals surface area (Å²) in [5.41, 5.74) is 2.93. The van der Waals surface area contributed by atoms with Gasteiger partial charge in [-0.1, -0.05) is 11.6 Å². The molecular formula is C24H22F3N5O. The monoisotopic (exact) mass is 453 g/mol. The number of aromatic nitrogens is 2. The molecule has 3 aromatic rings. The molecule has 0 unspecified atom stereocenters. The van der Waals surface area contributed by atoms with Gasteiger partial charge in [-0.25, -0.2) is 13.8 Å². The lowest BCUT2D eigenvalue weighted by Crippen LogP contribution is -2.43. The molecule has 9 heteroatoms. The number of ether oxygens (including phenoxy) is 1. The van der Waals surface area contributed by atoms with E-state index < -0.39 is 29.1 Å². The first-order valence-corrected chi connectivity index (χ1v) is 10.7. The zero-order chi connectivity index (χ0) is 22.9. The van der Waals surface area contributed by atoms with E-state index in [0.29, 0.717) is 12.1 Å². The predicted octanol–water partition coefficient (Wildman–Crippen LogP) is 4.80. The second-order valence-corrected chi connectivity index (χ2v) is 8.08. The number of hydrogen-bond donors (Lipinski definition) is 2. The van der Waals surface area contributed by atoms with Gasteiger partial charge in [0.25, 0.3) is 5.88 Å². The van der Waals surface area contributed by atoms with Gasteiger partial charge < -0.3 is 20.3 Å². The van der Waals surface area contributed by atoms with E-state index in [1.165, 1.54) is 0 Å². The SMILES string of the molecule is CC1=Cc2c(F)c(Oc3ncnc(Nc4ccc(N5CCNCC5)cc4)c3F)cc(F)c2C1. The molecule has 2 aromatic carbocycles. The molecule has 33 heavy (non-hydrogen) atoms. The van der Waals surface area contributed by atoms with E-state index in [1.54, 1.807) is 13.0 Å². The summed E-state index contributed by atoms with van der Waals surface area (Å²) in [4.78, 5) is 9.95. The zero-order valence-electron chi connectivity index (χ0n) is 18.0. The number of piperazine rings is 1. The average molecular weight is 453 g/mol. The van der Waals surface area contributed by atoms with Crippen LogP contribution in [-0.4, -0.2) is 36.1 Å². The number of rotatable bonds is 5. The molecule has 2 aliphatic rings. The Labute approximate surface area is 189 Å².